The number of nitrogens with two attached hydrogens (primary N) is 1. The van der Waals surface area contributed by atoms with E-state index in [0.29, 0.717) is 12.5 Å². The zero-order valence-electron chi connectivity index (χ0n) is 15.3. The lowest BCUT2D eigenvalue weighted by Crippen LogP contribution is -2.48. The lowest BCUT2D eigenvalue weighted by atomic mass is 9.85. The Morgan fingerprint density at radius 2 is 2.19 bits per heavy atom. The van der Waals surface area contributed by atoms with Crippen LogP contribution in [0.2, 0.25) is 0 Å². The number of hydrogen-bond acceptors (Lipinski definition) is 5. The van der Waals surface area contributed by atoms with Gasteiger partial charge in [-0.05, 0) is 55.0 Å². The van der Waals surface area contributed by atoms with Gasteiger partial charge in [0.25, 0.3) is 0 Å². The molecule has 0 amide bonds. The van der Waals surface area contributed by atoms with Gasteiger partial charge in [0.2, 0.25) is 0 Å². The molecule has 26 heavy (non-hydrogen) atoms. The van der Waals surface area contributed by atoms with Gasteiger partial charge in [-0.3, -0.25) is 9.88 Å². The van der Waals surface area contributed by atoms with Crippen LogP contribution in [0, 0.1) is 0 Å². The molecule has 0 spiro atoms. The van der Waals surface area contributed by atoms with Crippen molar-refractivity contribution >= 4 is 10.8 Å². The Labute approximate surface area is 155 Å². The summed E-state index contributed by atoms with van der Waals surface area (Å²) < 4.78 is 11.5. The molecular formula is C21H29N3O2. The van der Waals surface area contributed by atoms with Crippen molar-refractivity contribution in [2.45, 2.75) is 50.5 Å². The average molecular weight is 355 g/mol. The minimum atomic E-state index is -0.0122. The van der Waals surface area contributed by atoms with Gasteiger partial charge in [-0.2, -0.15) is 0 Å². The van der Waals surface area contributed by atoms with Gasteiger partial charge >= 0.3 is 0 Å². The first-order valence-corrected chi connectivity index (χ1v) is 9.87. The summed E-state index contributed by atoms with van der Waals surface area (Å²) in [6.07, 6.45) is 9.40. The molecular weight excluding hydrogens is 326 g/mol. The number of likely N-dealkylation sites (tertiary alicyclic amines) is 1. The summed E-state index contributed by atoms with van der Waals surface area (Å²) in [5.41, 5.74) is 7.91. The predicted octanol–water partition coefficient (Wildman–Crippen LogP) is 3.24. The van der Waals surface area contributed by atoms with Crippen molar-refractivity contribution in [3.63, 3.8) is 0 Å². The maximum Gasteiger partial charge on any atom is 0.157 e. The van der Waals surface area contributed by atoms with Gasteiger partial charge in [-0.25, -0.2) is 0 Å². The van der Waals surface area contributed by atoms with Crippen LogP contribution in [-0.4, -0.2) is 48.6 Å². The molecule has 5 nitrogen and oxygen atoms in total. The Balaban J connectivity index is 1.33. The number of rotatable bonds is 5. The summed E-state index contributed by atoms with van der Waals surface area (Å²) in [7, 11) is 0. The summed E-state index contributed by atoms with van der Waals surface area (Å²) in [4.78, 5) is 6.59. The molecule has 0 radical (unpaired) electrons. The minimum absolute atomic E-state index is 0.0122. The van der Waals surface area contributed by atoms with E-state index in [2.05, 4.69) is 34.1 Å². The highest BCUT2D eigenvalue weighted by molar-refractivity contribution is 5.85. The smallest absolute Gasteiger partial charge is 0.157 e. The van der Waals surface area contributed by atoms with Crippen LogP contribution in [0.1, 0.15) is 43.6 Å². The summed E-state index contributed by atoms with van der Waals surface area (Å²) in [6.45, 7) is 3.43. The van der Waals surface area contributed by atoms with Crippen molar-refractivity contribution in [3.8, 4) is 0 Å². The van der Waals surface area contributed by atoms with E-state index in [1.54, 1.807) is 0 Å². The molecule has 0 aliphatic carbocycles. The van der Waals surface area contributed by atoms with Crippen LogP contribution in [0.15, 0.2) is 36.7 Å². The van der Waals surface area contributed by atoms with Gasteiger partial charge in [-0.15, -0.1) is 0 Å². The highest BCUT2D eigenvalue weighted by atomic mass is 16.7. The fourth-order valence-corrected chi connectivity index (χ4v) is 4.25. The molecule has 3 unspecified atom stereocenters. The van der Waals surface area contributed by atoms with Gasteiger partial charge in [-0.1, -0.05) is 18.2 Å². The largest absolute Gasteiger partial charge is 0.353 e. The SMILES string of the molecule is NC1CC(c2cccc3cnccc23)CCN1CCOC1CCCCO1. The Kier molecular flexibility index (Phi) is 5.80. The second-order valence-electron chi connectivity index (χ2n) is 7.44. The fourth-order valence-electron chi connectivity index (χ4n) is 4.25. The number of nitrogens with zero attached hydrogens (tertiary/aromatic N) is 2. The number of fused-ring (bicyclic) bond motifs is 1. The topological polar surface area (TPSA) is 60.6 Å². The number of piperidine rings is 1. The maximum absolute atomic E-state index is 6.50. The Bertz CT molecular complexity index is 712. The van der Waals surface area contributed by atoms with E-state index in [4.69, 9.17) is 15.2 Å². The van der Waals surface area contributed by atoms with Crippen LogP contribution in [0.5, 0.6) is 0 Å². The lowest BCUT2D eigenvalue weighted by Gasteiger charge is -2.38. The van der Waals surface area contributed by atoms with Gasteiger partial charge in [0.15, 0.2) is 6.29 Å². The van der Waals surface area contributed by atoms with Crippen LogP contribution < -0.4 is 5.73 Å². The molecule has 2 aromatic rings. The highest BCUT2D eigenvalue weighted by Crippen LogP contribution is 2.34. The molecule has 2 aliphatic heterocycles. The normalized spacial score (nSPS) is 27.7. The van der Waals surface area contributed by atoms with Crippen molar-refractivity contribution in [3.05, 3.63) is 42.2 Å². The number of benzene rings is 1. The van der Waals surface area contributed by atoms with Crippen LogP contribution >= 0.6 is 0 Å². The monoisotopic (exact) mass is 355 g/mol. The van der Waals surface area contributed by atoms with Gasteiger partial charge in [0, 0.05) is 37.5 Å². The van der Waals surface area contributed by atoms with E-state index >= 15 is 0 Å². The molecule has 0 saturated carbocycles. The summed E-state index contributed by atoms with van der Waals surface area (Å²) >= 11 is 0. The molecule has 2 fully saturated rings. The van der Waals surface area contributed by atoms with Crippen molar-refractivity contribution in [1.29, 1.82) is 0 Å². The molecule has 1 aromatic heterocycles. The van der Waals surface area contributed by atoms with E-state index in [9.17, 15) is 0 Å². The number of pyridine rings is 1. The third-order valence-electron chi connectivity index (χ3n) is 5.73. The maximum atomic E-state index is 6.50. The van der Waals surface area contributed by atoms with Gasteiger partial charge < -0.3 is 15.2 Å². The predicted molar refractivity (Wildman–Crippen MR) is 103 cm³/mol. The first-order chi connectivity index (χ1) is 12.8. The van der Waals surface area contributed by atoms with E-state index in [1.165, 1.54) is 22.8 Å². The second kappa shape index (κ2) is 8.44. The standard InChI is InChI=1S/C21H29N3O2/c22-20-14-16(18-5-3-4-17-15-23-9-7-19(17)18)8-10-24(20)11-13-26-21-6-1-2-12-25-21/h3-5,7,9,15-16,20-21H,1-2,6,8,10-14,22H2. The first-order valence-electron chi connectivity index (χ1n) is 9.87. The Hall–Kier alpha value is -1.53. The summed E-state index contributed by atoms with van der Waals surface area (Å²) in [5, 5.41) is 2.52. The van der Waals surface area contributed by atoms with Gasteiger partial charge in [0.1, 0.15) is 0 Å². The van der Waals surface area contributed by atoms with E-state index in [0.717, 1.165) is 45.4 Å². The minimum Gasteiger partial charge on any atom is -0.353 e. The van der Waals surface area contributed by atoms with Crippen molar-refractivity contribution in [2.24, 2.45) is 5.73 Å². The third kappa shape index (κ3) is 4.07. The molecule has 140 valence electrons. The molecule has 3 atom stereocenters. The molecule has 4 rings (SSSR count). The van der Waals surface area contributed by atoms with Crippen LogP contribution in [0.3, 0.4) is 0 Å². The van der Waals surface area contributed by atoms with E-state index in [1.807, 2.05) is 12.4 Å². The highest BCUT2D eigenvalue weighted by Gasteiger charge is 2.27. The molecule has 3 heterocycles. The number of hydrogen-bond donors (Lipinski definition) is 1. The van der Waals surface area contributed by atoms with E-state index < -0.39 is 0 Å². The lowest BCUT2D eigenvalue weighted by molar-refractivity contribution is -0.165. The van der Waals surface area contributed by atoms with Gasteiger partial charge in [0.05, 0.1) is 12.8 Å². The molecule has 2 aliphatic rings. The molecule has 2 N–H and O–H groups in total. The number of ether oxygens (including phenoxy) is 2. The average Bonchev–Trinajstić information content (AvgIpc) is 2.69. The Morgan fingerprint density at radius 3 is 3.04 bits per heavy atom. The van der Waals surface area contributed by atoms with E-state index in [-0.39, 0.29) is 12.5 Å². The quantitative estimate of drug-likeness (QED) is 0.892. The second-order valence-corrected chi connectivity index (χ2v) is 7.44. The summed E-state index contributed by atoms with van der Waals surface area (Å²) in [6, 6.07) is 8.64. The molecule has 2 saturated heterocycles. The zero-order valence-corrected chi connectivity index (χ0v) is 15.3. The van der Waals surface area contributed by atoms with Crippen LogP contribution in [0.4, 0.5) is 0 Å². The summed E-state index contributed by atoms with van der Waals surface area (Å²) in [5.74, 6) is 0.509. The fraction of sp³-hybridized carbons (Fsp3) is 0.571. The Morgan fingerprint density at radius 1 is 1.23 bits per heavy atom. The van der Waals surface area contributed by atoms with Crippen molar-refractivity contribution in [1.82, 2.24) is 9.88 Å². The number of aromatic nitrogens is 1. The van der Waals surface area contributed by atoms with Crippen molar-refractivity contribution < 1.29 is 9.47 Å². The van der Waals surface area contributed by atoms with Crippen molar-refractivity contribution in [2.75, 3.05) is 26.3 Å². The zero-order chi connectivity index (χ0) is 17.8. The van der Waals surface area contributed by atoms with Crippen LogP contribution in [0.25, 0.3) is 10.8 Å². The van der Waals surface area contributed by atoms with Crippen LogP contribution in [-0.2, 0) is 9.47 Å². The molecule has 5 heteroatoms. The first kappa shape index (κ1) is 17.9. The molecule has 0 bridgehead atoms. The third-order valence-corrected chi connectivity index (χ3v) is 5.73. The molecule has 1 aromatic carbocycles.